The van der Waals surface area contributed by atoms with Crippen molar-refractivity contribution in [3.8, 4) is 22.6 Å². The Bertz CT molecular complexity index is 1170. The molecule has 8 nitrogen and oxygen atoms in total. The van der Waals surface area contributed by atoms with Gasteiger partial charge in [-0.25, -0.2) is 4.98 Å². The smallest absolute Gasteiger partial charge is 0.495 e. The molecule has 3 heterocycles. The van der Waals surface area contributed by atoms with Crippen molar-refractivity contribution in [2.24, 2.45) is 0 Å². The minimum Gasteiger partial charge on any atom is -0.495 e. The predicted octanol–water partition coefficient (Wildman–Crippen LogP) is 3.87. The molecule has 178 valence electrons. The molecule has 1 aliphatic heterocycles. The third kappa shape index (κ3) is 5.54. The number of aliphatic hydroxyl groups is 1. The fraction of sp³-hybridized carbons (Fsp3) is 0.261. The first-order valence-electron chi connectivity index (χ1n) is 10.3. The number of nitrogens with one attached hydrogen (secondary N) is 1. The van der Waals surface area contributed by atoms with Crippen LogP contribution >= 0.6 is 0 Å². The van der Waals surface area contributed by atoms with Crippen LogP contribution in [0.4, 0.5) is 24.7 Å². The zero-order chi connectivity index (χ0) is 24.3. The zero-order valence-corrected chi connectivity index (χ0v) is 18.0. The summed E-state index contributed by atoms with van der Waals surface area (Å²) in [4.78, 5) is 23.5. The van der Waals surface area contributed by atoms with Crippen molar-refractivity contribution in [3.05, 3.63) is 60.6 Å². The van der Waals surface area contributed by atoms with Crippen molar-refractivity contribution < 1.29 is 32.5 Å². The van der Waals surface area contributed by atoms with Gasteiger partial charge in [0.05, 0.1) is 25.0 Å². The fourth-order valence-electron chi connectivity index (χ4n) is 3.60. The second-order valence-electron chi connectivity index (χ2n) is 7.62. The molecule has 1 atom stereocenters. The van der Waals surface area contributed by atoms with Gasteiger partial charge >= 0.3 is 6.36 Å². The summed E-state index contributed by atoms with van der Waals surface area (Å²) in [6.07, 6.45) is -0.0726. The number of alkyl halides is 3. The lowest BCUT2D eigenvalue weighted by atomic mass is 10.1. The zero-order valence-electron chi connectivity index (χ0n) is 18.0. The number of ether oxygens (including phenoxy) is 2. The number of halogens is 3. The van der Waals surface area contributed by atoms with Crippen molar-refractivity contribution in [3.63, 3.8) is 0 Å². The van der Waals surface area contributed by atoms with E-state index in [1.54, 1.807) is 24.5 Å². The van der Waals surface area contributed by atoms with E-state index in [4.69, 9.17) is 4.74 Å². The van der Waals surface area contributed by atoms with Crippen LogP contribution in [0.1, 0.15) is 16.8 Å². The number of amides is 1. The van der Waals surface area contributed by atoms with Gasteiger partial charge in [-0.05, 0) is 42.8 Å². The summed E-state index contributed by atoms with van der Waals surface area (Å²) in [7, 11) is 1.52. The Kier molecular flexibility index (Phi) is 6.55. The maximum Gasteiger partial charge on any atom is 0.573 e. The normalized spacial score (nSPS) is 15.8. The number of hydrogen-bond donors (Lipinski definition) is 2. The highest BCUT2D eigenvalue weighted by molar-refractivity contribution is 6.05. The second kappa shape index (κ2) is 9.56. The van der Waals surface area contributed by atoms with Crippen LogP contribution in [0, 0.1) is 0 Å². The van der Waals surface area contributed by atoms with E-state index in [1.165, 1.54) is 25.4 Å². The molecule has 1 aromatic carbocycles. The van der Waals surface area contributed by atoms with Gasteiger partial charge in [0.1, 0.15) is 17.3 Å². The average molecular weight is 474 g/mol. The molecule has 0 spiro atoms. The van der Waals surface area contributed by atoms with Gasteiger partial charge in [0.25, 0.3) is 5.91 Å². The second-order valence-corrected chi connectivity index (χ2v) is 7.62. The standard InChI is InChI=1S/C23H21F3N4O4/c1-33-19-8-14(10-27-12-19)20-9-15(11-28-21(20)30-7-6-17(31)13-30)22(32)29-16-2-4-18(5-3-16)34-23(24,25)26/h2-5,8-12,17,31H,6-7,13H2,1H3,(H,29,32). The Hall–Kier alpha value is -3.86. The van der Waals surface area contributed by atoms with Crippen molar-refractivity contribution in [2.75, 3.05) is 30.4 Å². The molecule has 11 heteroatoms. The Labute approximate surface area is 193 Å². The maximum atomic E-state index is 12.9. The van der Waals surface area contributed by atoms with E-state index in [1.807, 2.05) is 4.90 Å². The van der Waals surface area contributed by atoms with Crippen LogP contribution in [-0.2, 0) is 0 Å². The summed E-state index contributed by atoms with van der Waals surface area (Å²) in [6, 6.07) is 8.24. The lowest BCUT2D eigenvalue weighted by Crippen LogP contribution is -2.23. The van der Waals surface area contributed by atoms with E-state index in [0.717, 1.165) is 12.1 Å². The van der Waals surface area contributed by atoms with Gasteiger partial charge in [-0.15, -0.1) is 13.2 Å². The van der Waals surface area contributed by atoms with Crippen LogP contribution in [0.3, 0.4) is 0 Å². The summed E-state index contributed by atoms with van der Waals surface area (Å²) in [6.45, 7) is 1.02. The number of nitrogens with zero attached hydrogens (tertiary/aromatic N) is 3. The Balaban J connectivity index is 1.61. The molecule has 1 saturated heterocycles. The average Bonchev–Trinajstić information content (AvgIpc) is 3.25. The number of methoxy groups -OCH3 is 1. The van der Waals surface area contributed by atoms with Crippen molar-refractivity contribution >= 4 is 17.4 Å². The molecule has 3 aromatic rings. The number of aliphatic hydroxyl groups excluding tert-OH is 1. The van der Waals surface area contributed by atoms with Gasteiger partial charge < -0.3 is 24.8 Å². The van der Waals surface area contributed by atoms with E-state index in [9.17, 15) is 23.1 Å². The first-order valence-corrected chi connectivity index (χ1v) is 10.3. The molecule has 34 heavy (non-hydrogen) atoms. The first-order chi connectivity index (χ1) is 16.2. The number of carbonyl (C=O) groups excluding carboxylic acids is 1. The van der Waals surface area contributed by atoms with Crippen molar-refractivity contribution in [1.82, 2.24) is 9.97 Å². The number of aromatic nitrogens is 2. The summed E-state index contributed by atoms with van der Waals surface area (Å²) in [5.41, 5.74) is 1.82. The van der Waals surface area contributed by atoms with Crippen LogP contribution < -0.4 is 19.7 Å². The summed E-state index contributed by atoms with van der Waals surface area (Å²) in [5, 5.41) is 12.6. The number of β-amino-alcohol motifs (C(OH)–C–C–N with tert-alkyl or cyclic N) is 1. The molecule has 0 radical (unpaired) electrons. The quantitative estimate of drug-likeness (QED) is 0.560. The molecule has 2 N–H and O–H groups in total. The highest BCUT2D eigenvalue weighted by atomic mass is 19.4. The number of pyridine rings is 2. The third-order valence-corrected chi connectivity index (χ3v) is 5.20. The van der Waals surface area contributed by atoms with Crippen molar-refractivity contribution in [2.45, 2.75) is 18.9 Å². The summed E-state index contributed by atoms with van der Waals surface area (Å²) < 4.78 is 46.1. The number of anilines is 2. The number of rotatable bonds is 6. The van der Waals surface area contributed by atoms with Crippen LogP contribution in [0.2, 0.25) is 0 Å². The van der Waals surface area contributed by atoms with E-state index >= 15 is 0 Å². The number of carbonyl (C=O) groups is 1. The van der Waals surface area contributed by atoms with Gasteiger partial charge in [0.15, 0.2) is 0 Å². The molecule has 2 aromatic heterocycles. The largest absolute Gasteiger partial charge is 0.573 e. The monoisotopic (exact) mass is 474 g/mol. The number of hydrogen-bond acceptors (Lipinski definition) is 7. The lowest BCUT2D eigenvalue weighted by Gasteiger charge is -2.21. The Morgan fingerprint density at radius 3 is 2.56 bits per heavy atom. The molecular formula is C23H21F3N4O4. The van der Waals surface area contributed by atoms with Gasteiger partial charge in [0, 0.05) is 42.3 Å². The van der Waals surface area contributed by atoms with Crippen LogP contribution in [-0.4, -0.2) is 53.6 Å². The summed E-state index contributed by atoms with van der Waals surface area (Å²) >= 11 is 0. The molecule has 1 fully saturated rings. The van der Waals surface area contributed by atoms with E-state index < -0.39 is 24.1 Å². The Morgan fingerprint density at radius 2 is 1.91 bits per heavy atom. The molecule has 4 rings (SSSR count). The number of benzene rings is 1. The maximum absolute atomic E-state index is 12.9. The lowest BCUT2D eigenvalue weighted by molar-refractivity contribution is -0.274. The topological polar surface area (TPSA) is 96.8 Å². The molecular weight excluding hydrogens is 453 g/mol. The molecule has 0 bridgehead atoms. The molecule has 1 aliphatic rings. The van der Waals surface area contributed by atoms with Crippen LogP contribution in [0.15, 0.2) is 55.0 Å². The minimum atomic E-state index is -4.80. The molecule has 0 aliphatic carbocycles. The highest BCUT2D eigenvalue weighted by Gasteiger charge is 2.31. The van der Waals surface area contributed by atoms with Crippen LogP contribution in [0.25, 0.3) is 11.1 Å². The summed E-state index contributed by atoms with van der Waals surface area (Å²) in [5.74, 6) is 0.233. The first kappa shape index (κ1) is 23.3. The van der Waals surface area contributed by atoms with Crippen molar-refractivity contribution in [1.29, 1.82) is 0 Å². The fourth-order valence-corrected chi connectivity index (χ4v) is 3.60. The molecule has 1 unspecified atom stereocenters. The SMILES string of the molecule is COc1cncc(-c2cc(C(=O)Nc3ccc(OC(F)(F)F)cc3)cnc2N2CCC(O)C2)c1. The van der Waals surface area contributed by atoms with Gasteiger partial charge in [-0.2, -0.15) is 0 Å². The van der Waals surface area contributed by atoms with Gasteiger partial charge in [0.2, 0.25) is 0 Å². The van der Waals surface area contributed by atoms with Gasteiger partial charge in [-0.3, -0.25) is 9.78 Å². The Morgan fingerprint density at radius 1 is 1.15 bits per heavy atom. The highest BCUT2D eigenvalue weighted by Crippen LogP contribution is 2.33. The van der Waals surface area contributed by atoms with Crippen LogP contribution in [0.5, 0.6) is 11.5 Å². The predicted molar refractivity (Wildman–Crippen MR) is 118 cm³/mol. The minimum absolute atomic E-state index is 0.233. The van der Waals surface area contributed by atoms with Gasteiger partial charge in [-0.1, -0.05) is 0 Å². The third-order valence-electron chi connectivity index (χ3n) is 5.20. The molecule has 1 amide bonds. The molecule has 0 saturated carbocycles. The van der Waals surface area contributed by atoms with E-state index in [2.05, 4.69) is 20.0 Å². The van der Waals surface area contributed by atoms with E-state index in [-0.39, 0.29) is 11.3 Å². The van der Waals surface area contributed by atoms with E-state index in [0.29, 0.717) is 42.2 Å².